The van der Waals surface area contributed by atoms with Gasteiger partial charge in [-0.25, -0.2) is 9.59 Å². The van der Waals surface area contributed by atoms with Gasteiger partial charge in [-0.15, -0.1) is 0 Å². The number of halogens is 1. The minimum atomic E-state index is -1.81. The van der Waals surface area contributed by atoms with Gasteiger partial charge in [-0.2, -0.15) is 0 Å². The number of imide groups is 1. The lowest BCUT2D eigenvalue weighted by Crippen LogP contribution is -2.78. The highest BCUT2D eigenvalue weighted by molar-refractivity contribution is 6.40. The van der Waals surface area contributed by atoms with E-state index >= 15 is 0 Å². The van der Waals surface area contributed by atoms with Gasteiger partial charge in [0, 0.05) is 0 Å². The van der Waals surface area contributed by atoms with E-state index < -0.39 is 34.9 Å². The molecule has 9 heteroatoms. The summed E-state index contributed by atoms with van der Waals surface area (Å²) in [4.78, 5) is 46.0. The van der Waals surface area contributed by atoms with E-state index in [9.17, 15) is 19.2 Å². The Hall–Kier alpha value is -2.61. The van der Waals surface area contributed by atoms with Crippen molar-refractivity contribution in [2.45, 2.75) is 24.6 Å². The number of β-lactam (4-membered cyclic amide) rings is 1. The largest absolute Gasteiger partial charge is 0.474 e. The Bertz CT molecular complexity index is 664. The van der Waals surface area contributed by atoms with Crippen molar-refractivity contribution in [3.8, 4) is 0 Å². The van der Waals surface area contributed by atoms with Gasteiger partial charge in [-0.3, -0.25) is 14.5 Å². The Balaban J connectivity index is 1.94. The Morgan fingerprint density at radius 2 is 1.96 bits per heavy atom. The van der Waals surface area contributed by atoms with Crippen LogP contribution in [0.25, 0.3) is 0 Å². The van der Waals surface area contributed by atoms with Crippen molar-refractivity contribution >= 4 is 35.5 Å². The summed E-state index contributed by atoms with van der Waals surface area (Å²) in [6.07, 6.45) is -0.905. The van der Waals surface area contributed by atoms with E-state index in [1.807, 2.05) is 6.07 Å². The highest BCUT2D eigenvalue weighted by atomic mass is 35.5. The van der Waals surface area contributed by atoms with Crippen LogP contribution < -0.4 is 5.32 Å². The van der Waals surface area contributed by atoms with E-state index in [1.165, 1.54) is 6.92 Å². The number of aliphatic carboxylic acids is 1. The minimum absolute atomic E-state index is 0.0122. The molecule has 1 fully saturated rings. The lowest BCUT2D eigenvalue weighted by atomic mass is 9.90. The second-order valence-corrected chi connectivity index (χ2v) is 5.42. The first kappa shape index (κ1) is 16.8. The van der Waals surface area contributed by atoms with Gasteiger partial charge in [0.05, 0.1) is 0 Å². The molecule has 2 N–H and O–H groups in total. The molecule has 1 saturated heterocycles. The van der Waals surface area contributed by atoms with Crippen LogP contribution in [0.2, 0.25) is 0 Å². The molecule has 1 aromatic carbocycles. The third kappa shape index (κ3) is 3.11. The molecular weight excluding hydrogens is 328 g/mol. The van der Waals surface area contributed by atoms with E-state index in [1.54, 1.807) is 24.3 Å². The number of carboxylic acid groups (broad SMARTS) is 1. The maximum Gasteiger partial charge on any atom is 0.408 e. The van der Waals surface area contributed by atoms with E-state index in [-0.39, 0.29) is 6.61 Å². The highest BCUT2D eigenvalue weighted by Crippen LogP contribution is 2.34. The van der Waals surface area contributed by atoms with Crippen molar-refractivity contribution in [3.05, 3.63) is 35.9 Å². The number of alkyl halides is 1. The summed E-state index contributed by atoms with van der Waals surface area (Å²) >= 11 is 5.87. The van der Waals surface area contributed by atoms with Crippen LogP contribution in [0.4, 0.5) is 4.79 Å². The summed E-state index contributed by atoms with van der Waals surface area (Å²) in [5.74, 6) is -4.17. The number of nitrogens with zero attached hydrogens (tertiary/aromatic N) is 1. The summed E-state index contributed by atoms with van der Waals surface area (Å²) < 4.78 is 4.96. The third-order valence-electron chi connectivity index (χ3n) is 3.34. The molecule has 0 bridgehead atoms. The molecule has 1 aliphatic rings. The quantitative estimate of drug-likeness (QED) is 0.362. The lowest BCUT2D eigenvalue weighted by molar-refractivity contribution is -0.172. The lowest BCUT2D eigenvalue weighted by Gasteiger charge is -2.48. The van der Waals surface area contributed by atoms with Crippen LogP contribution in [0, 0.1) is 0 Å². The molecule has 23 heavy (non-hydrogen) atoms. The number of amides is 3. The summed E-state index contributed by atoms with van der Waals surface area (Å²) in [7, 11) is 0. The molecule has 122 valence electrons. The second-order valence-electron chi connectivity index (χ2n) is 5.01. The van der Waals surface area contributed by atoms with Gasteiger partial charge < -0.3 is 15.2 Å². The van der Waals surface area contributed by atoms with Crippen molar-refractivity contribution in [2.24, 2.45) is 0 Å². The molecule has 2 rings (SSSR count). The van der Waals surface area contributed by atoms with E-state index in [2.05, 4.69) is 5.32 Å². The average Bonchev–Trinajstić information content (AvgIpc) is 2.53. The Morgan fingerprint density at radius 1 is 1.35 bits per heavy atom. The topological polar surface area (TPSA) is 113 Å². The zero-order valence-electron chi connectivity index (χ0n) is 12.0. The monoisotopic (exact) mass is 340 g/mol. The maximum atomic E-state index is 11.9. The molecule has 1 heterocycles. The molecule has 1 aliphatic heterocycles. The Kier molecular flexibility index (Phi) is 4.55. The Labute approximate surface area is 136 Å². The first-order valence-corrected chi connectivity index (χ1v) is 6.95. The number of carbonyl (C=O) groups excluding carboxylic acids is 3. The molecular formula is C14H13ClN2O6. The van der Waals surface area contributed by atoms with Gasteiger partial charge in [0.15, 0.2) is 5.54 Å². The number of carboxylic acids is 1. The second kappa shape index (κ2) is 6.25. The average molecular weight is 341 g/mol. The number of alkyl carbamates (subject to hydrolysis) is 1. The number of likely N-dealkylation sites (tertiary alicyclic amines) is 1. The molecule has 0 unspecified atom stereocenters. The predicted octanol–water partition coefficient (Wildman–Crippen LogP) is 0.690. The van der Waals surface area contributed by atoms with Crippen molar-refractivity contribution in [1.29, 1.82) is 0 Å². The first-order valence-electron chi connectivity index (χ1n) is 6.51. The van der Waals surface area contributed by atoms with Crippen molar-refractivity contribution < 1.29 is 29.0 Å². The summed E-state index contributed by atoms with van der Waals surface area (Å²) in [6, 6.07) is 8.86. The van der Waals surface area contributed by atoms with Crippen molar-refractivity contribution in [1.82, 2.24) is 10.2 Å². The molecule has 3 amide bonds. The number of nitrogens with one attached hydrogen (secondary N) is 1. The van der Waals surface area contributed by atoms with Crippen LogP contribution in [-0.2, 0) is 25.7 Å². The number of benzene rings is 1. The highest BCUT2D eigenvalue weighted by Gasteiger charge is 2.61. The maximum absolute atomic E-state index is 11.9. The van der Waals surface area contributed by atoms with Crippen LogP contribution in [-0.4, -0.2) is 44.9 Å². The van der Waals surface area contributed by atoms with Gasteiger partial charge in [-0.1, -0.05) is 41.9 Å². The fourth-order valence-corrected chi connectivity index (χ4v) is 2.35. The van der Waals surface area contributed by atoms with Gasteiger partial charge in [-0.05, 0) is 12.5 Å². The van der Waals surface area contributed by atoms with E-state index in [4.69, 9.17) is 21.4 Å². The van der Waals surface area contributed by atoms with Crippen molar-refractivity contribution in [2.75, 3.05) is 0 Å². The molecule has 0 spiro atoms. The third-order valence-corrected chi connectivity index (χ3v) is 3.97. The van der Waals surface area contributed by atoms with E-state index in [0.29, 0.717) is 4.90 Å². The van der Waals surface area contributed by atoms with Crippen LogP contribution in [0.5, 0.6) is 0 Å². The molecule has 2 atom stereocenters. The number of rotatable bonds is 3. The molecule has 0 saturated carbocycles. The van der Waals surface area contributed by atoms with Crippen LogP contribution in [0.15, 0.2) is 30.3 Å². The summed E-state index contributed by atoms with van der Waals surface area (Å²) in [6.45, 7) is 1.27. The smallest absolute Gasteiger partial charge is 0.408 e. The van der Waals surface area contributed by atoms with Crippen molar-refractivity contribution in [3.63, 3.8) is 0 Å². The van der Waals surface area contributed by atoms with Gasteiger partial charge in [0.1, 0.15) is 12.1 Å². The molecule has 0 aliphatic carbocycles. The zero-order valence-corrected chi connectivity index (χ0v) is 12.7. The minimum Gasteiger partial charge on any atom is -0.474 e. The predicted molar refractivity (Wildman–Crippen MR) is 77.3 cm³/mol. The number of hydrogen-bond acceptors (Lipinski definition) is 5. The number of hydrogen-bond donors (Lipinski definition) is 2. The normalized spacial score (nSPS) is 23.0. The molecule has 1 aromatic rings. The Morgan fingerprint density at radius 3 is 2.48 bits per heavy atom. The molecule has 8 nitrogen and oxygen atoms in total. The molecule has 0 aromatic heterocycles. The van der Waals surface area contributed by atoms with Gasteiger partial charge in [0.2, 0.25) is 0 Å². The van der Waals surface area contributed by atoms with Gasteiger partial charge >= 0.3 is 18.0 Å². The van der Waals surface area contributed by atoms with E-state index in [0.717, 1.165) is 5.56 Å². The first-order chi connectivity index (χ1) is 10.8. The standard InChI is InChI=1S/C14H13ClN2O6/c1-14(11(15)17(12(14)21)9(18)10(19)20)16-13(22)23-7-8-5-3-2-4-6-8/h2-6,11H,7H2,1H3,(H,16,22)(H,19,20)/t11-,14-/m0/s1. The zero-order chi connectivity index (χ0) is 17.2. The van der Waals surface area contributed by atoms with Crippen LogP contribution in [0.3, 0.4) is 0 Å². The summed E-state index contributed by atoms with van der Waals surface area (Å²) in [5.41, 5.74) is -2.18. The fraction of sp³-hybridized carbons (Fsp3) is 0.286. The molecule has 0 radical (unpaired) electrons. The fourth-order valence-electron chi connectivity index (χ4n) is 2.03. The van der Waals surface area contributed by atoms with Gasteiger partial charge in [0.25, 0.3) is 5.91 Å². The van der Waals surface area contributed by atoms with Crippen LogP contribution in [0.1, 0.15) is 12.5 Å². The summed E-state index contributed by atoms with van der Waals surface area (Å²) in [5, 5.41) is 10.9. The number of ether oxygens (including phenoxy) is 1. The SMILES string of the molecule is C[C@@]1(NC(=O)OCc2ccccc2)C(=O)N(C(=O)C(=O)O)[C@@H]1Cl. The van der Waals surface area contributed by atoms with Crippen LogP contribution >= 0.6 is 11.6 Å². The number of carbonyl (C=O) groups is 4.